The summed E-state index contributed by atoms with van der Waals surface area (Å²) in [5.41, 5.74) is 0.596. The first-order chi connectivity index (χ1) is 8.70. The summed E-state index contributed by atoms with van der Waals surface area (Å²) < 4.78 is 0.650. The highest BCUT2D eigenvalue weighted by atomic mass is 79.9. The van der Waals surface area contributed by atoms with E-state index < -0.39 is 0 Å². The van der Waals surface area contributed by atoms with E-state index in [0.717, 1.165) is 25.7 Å². The lowest BCUT2D eigenvalue weighted by Gasteiger charge is -2.30. The second-order valence-electron chi connectivity index (χ2n) is 4.67. The average Bonchev–Trinajstić information content (AvgIpc) is 2.39. The lowest BCUT2D eigenvalue weighted by molar-refractivity contribution is 0.0872. The molecule has 0 aromatic carbocycles. The number of rotatable bonds is 3. The fourth-order valence-electron chi connectivity index (χ4n) is 2.41. The molecule has 2 N–H and O–H groups in total. The van der Waals surface area contributed by atoms with Crippen LogP contribution >= 0.6 is 15.9 Å². The smallest absolute Gasteiger partial charge is 0.251 e. The Morgan fingerprint density at radius 3 is 3.00 bits per heavy atom. The van der Waals surface area contributed by atoms with Gasteiger partial charge in [0.2, 0.25) is 0 Å². The number of carbonyl (C=O) groups is 1. The summed E-state index contributed by atoms with van der Waals surface area (Å²) in [6, 6.07) is 3.48. The van der Waals surface area contributed by atoms with Crippen LogP contribution in [-0.4, -0.2) is 28.6 Å². The molecule has 5 heteroatoms. The normalized spacial score (nSPS) is 23.7. The van der Waals surface area contributed by atoms with Crippen molar-refractivity contribution in [1.82, 2.24) is 10.3 Å². The Morgan fingerprint density at radius 2 is 2.28 bits per heavy atom. The molecule has 0 spiro atoms. The number of amides is 1. The van der Waals surface area contributed by atoms with Crippen LogP contribution in [0.2, 0.25) is 0 Å². The molecule has 2 atom stereocenters. The third kappa shape index (κ3) is 3.29. The van der Waals surface area contributed by atoms with Crippen molar-refractivity contribution in [2.24, 2.45) is 5.92 Å². The van der Waals surface area contributed by atoms with Crippen molar-refractivity contribution in [3.05, 3.63) is 28.5 Å². The molecular formula is C13H17BrN2O2. The van der Waals surface area contributed by atoms with E-state index in [1.807, 2.05) is 0 Å². The molecule has 0 saturated heterocycles. The standard InChI is InChI=1S/C13H17BrN2O2/c14-12-7-9(5-6-15-12)13(18)16-11-4-2-1-3-10(11)8-17/h5-7,10-11,17H,1-4,8H2,(H,16,18). The van der Waals surface area contributed by atoms with E-state index in [4.69, 9.17) is 0 Å². The van der Waals surface area contributed by atoms with Crippen LogP contribution in [0.5, 0.6) is 0 Å². The minimum atomic E-state index is -0.0940. The van der Waals surface area contributed by atoms with Gasteiger partial charge in [0.05, 0.1) is 0 Å². The highest BCUT2D eigenvalue weighted by Gasteiger charge is 2.26. The lowest BCUT2D eigenvalue weighted by Crippen LogP contribution is -2.43. The monoisotopic (exact) mass is 312 g/mol. The minimum absolute atomic E-state index is 0.0863. The molecular weight excluding hydrogens is 296 g/mol. The largest absolute Gasteiger partial charge is 0.396 e. The Morgan fingerprint density at radius 1 is 1.50 bits per heavy atom. The predicted molar refractivity (Wildman–Crippen MR) is 72.2 cm³/mol. The number of carbonyl (C=O) groups excluding carboxylic acids is 1. The molecule has 2 rings (SSSR count). The number of aromatic nitrogens is 1. The van der Waals surface area contributed by atoms with Gasteiger partial charge in [0.15, 0.2) is 0 Å². The Hall–Kier alpha value is -0.940. The van der Waals surface area contributed by atoms with Gasteiger partial charge in [-0.25, -0.2) is 4.98 Å². The highest BCUT2D eigenvalue weighted by Crippen LogP contribution is 2.24. The lowest BCUT2D eigenvalue weighted by atomic mass is 9.85. The summed E-state index contributed by atoms with van der Waals surface area (Å²) in [6.07, 6.45) is 5.79. The molecule has 0 bridgehead atoms. The number of pyridine rings is 1. The van der Waals surface area contributed by atoms with E-state index in [1.54, 1.807) is 18.3 Å². The highest BCUT2D eigenvalue weighted by molar-refractivity contribution is 9.10. The van der Waals surface area contributed by atoms with E-state index in [9.17, 15) is 9.90 Å². The number of aliphatic hydroxyl groups excluding tert-OH is 1. The van der Waals surface area contributed by atoms with Crippen LogP contribution < -0.4 is 5.32 Å². The zero-order chi connectivity index (χ0) is 13.0. The second-order valence-corrected chi connectivity index (χ2v) is 5.49. The maximum atomic E-state index is 12.1. The summed E-state index contributed by atoms with van der Waals surface area (Å²) in [4.78, 5) is 16.1. The second kappa shape index (κ2) is 6.29. The topological polar surface area (TPSA) is 62.2 Å². The number of hydrogen-bond acceptors (Lipinski definition) is 3. The number of nitrogens with one attached hydrogen (secondary N) is 1. The van der Waals surface area contributed by atoms with Gasteiger partial charge in [-0.1, -0.05) is 12.8 Å². The molecule has 1 amide bonds. The van der Waals surface area contributed by atoms with Crippen LogP contribution in [0.15, 0.2) is 22.9 Å². The maximum Gasteiger partial charge on any atom is 0.251 e. The summed E-state index contributed by atoms with van der Waals surface area (Å²) in [5.74, 6) is 0.0939. The van der Waals surface area contributed by atoms with Crippen molar-refractivity contribution in [2.45, 2.75) is 31.7 Å². The Balaban J connectivity index is 2.02. The van der Waals surface area contributed by atoms with Gasteiger partial charge in [0.25, 0.3) is 5.91 Å². The SMILES string of the molecule is O=C(NC1CCCCC1CO)c1ccnc(Br)c1. The van der Waals surface area contributed by atoms with Crippen molar-refractivity contribution < 1.29 is 9.90 Å². The average molecular weight is 313 g/mol. The molecule has 1 heterocycles. The van der Waals surface area contributed by atoms with Crippen LogP contribution in [0.3, 0.4) is 0 Å². The molecule has 2 unspecified atom stereocenters. The molecule has 1 aliphatic carbocycles. The molecule has 98 valence electrons. The first-order valence-corrected chi connectivity index (χ1v) is 7.03. The Kier molecular flexibility index (Phi) is 4.72. The maximum absolute atomic E-state index is 12.1. The summed E-state index contributed by atoms with van der Waals surface area (Å²) in [5, 5.41) is 12.3. The van der Waals surface area contributed by atoms with Crippen LogP contribution in [0, 0.1) is 5.92 Å². The van der Waals surface area contributed by atoms with Gasteiger partial charge in [0.1, 0.15) is 4.60 Å². The molecule has 0 radical (unpaired) electrons. The van der Waals surface area contributed by atoms with Crippen molar-refractivity contribution in [2.75, 3.05) is 6.61 Å². The Labute approximate surface area is 115 Å². The van der Waals surface area contributed by atoms with Gasteiger partial charge >= 0.3 is 0 Å². The third-order valence-corrected chi connectivity index (χ3v) is 3.88. The van der Waals surface area contributed by atoms with Gasteiger partial charge in [0, 0.05) is 30.3 Å². The minimum Gasteiger partial charge on any atom is -0.396 e. The predicted octanol–water partition coefficient (Wildman–Crippen LogP) is 2.12. The van der Waals surface area contributed by atoms with Crippen LogP contribution in [0.4, 0.5) is 0 Å². The van der Waals surface area contributed by atoms with Crippen molar-refractivity contribution >= 4 is 21.8 Å². The summed E-state index contributed by atoms with van der Waals surface area (Å²) in [6.45, 7) is 0.144. The fraction of sp³-hybridized carbons (Fsp3) is 0.538. The van der Waals surface area contributed by atoms with Gasteiger partial charge in [-0.05, 0) is 40.9 Å². The molecule has 18 heavy (non-hydrogen) atoms. The molecule has 4 nitrogen and oxygen atoms in total. The van der Waals surface area contributed by atoms with Crippen molar-refractivity contribution in [1.29, 1.82) is 0 Å². The zero-order valence-corrected chi connectivity index (χ0v) is 11.7. The van der Waals surface area contributed by atoms with E-state index in [1.165, 1.54) is 0 Å². The van der Waals surface area contributed by atoms with Crippen LogP contribution in [0.1, 0.15) is 36.0 Å². The van der Waals surface area contributed by atoms with E-state index in [-0.39, 0.29) is 24.5 Å². The first-order valence-electron chi connectivity index (χ1n) is 6.24. The van der Waals surface area contributed by atoms with Crippen molar-refractivity contribution in [3.8, 4) is 0 Å². The molecule has 1 fully saturated rings. The van der Waals surface area contributed by atoms with Crippen molar-refractivity contribution in [3.63, 3.8) is 0 Å². The van der Waals surface area contributed by atoms with Gasteiger partial charge in [-0.15, -0.1) is 0 Å². The van der Waals surface area contributed by atoms with Gasteiger partial charge in [-0.2, -0.15) is 0 Å². The van der Waals surface area contributed by atoms with Crippen LogP contribution in [0.25, 0.3) is 0 Å². The summed E-state index contributed by atoms with van der Waals surface area (Å²) >= 11 is 3.25. The van der Waals surface area contributed by atoms with E-state index >= 15 is 0 Å². The quantitative estimate of drug-likeness (QED) is 0.840. The summed E-state index contributed by atoms with van der Waals surface area (Å²) in [7, 11) is 0. The van der Waals surface area contributed by atoms with Gasteiger partial charge in [-0.3, -0.25) is 4.79 Å². The van der Waals surface area contributed by atoms with Gasteiger partial charge < -0.3 is 10.4 Å². The number of nitrogens with zero attached hydrogens (tertiary/aromatic N) is 1. The third-order valence-electron chi connectivity index (χ3n) is 3.45. The number of hydrogen-bond donors (Lipinski definition) is 2. The number of aliphatic hydroxyl groups is 1. The van der Waals surface area contributed by atoms with Crippen LogP contribution in [-0.2, 0) is 0 Å². The fourth-order valence-corrected chi connectivity index (χ4v) is 2.78. The van der Waals surface area contributed by atoms with E-state index in [2.05, 4.69) is 26.2 Å². The molecule has 1 aromatic rings. The first kappa shape index (κ1) is 13.5. The molecule has 1 aromatic heterocycles. The zero-order valence-electron chi connectivity index (χ0n) is 10.1. The molecule has 1 saturated carbocycles. The van der Waals surface area contributed by atoms with E-state index in [0.29, 0.717) is 10.2 Å². The number of halogens is 1. The Bertz CT molecular complexity index is 425. The molecule has 0 aliphatic heterocycles. The molecule has 1 aliphatic rings.